The summed E-state index contributed by atoms with van der Waals surface area (Å²) in [5, 5.41) is 12.7. The van der Waals surface area contributed by atoms with Crippen LogP contribution in [0.15, 0.2) is 6.33 Å². The smallest absolute Gasteiger partial charge is 0.323 e. The van der Waals surface area contributed by atoms with Crippen molar-refractivity contribution in [1.82, 2.24) is 24.6 Å². The number of hydrogen-bond acceptors (Lipinski definition) is 11. The quantitative estimate of drug-likeness (QED) is 0.238. The van der Waals surface area contributed by atoms with Gasteiger partial charge in [0.1, 0.15) is 18.8 Å². The third kappa shape index (κ3) is 7.10. The predicted octanol–water partition coefficient (Wildman–Crippen LogP) is 1.58. The Morgan fingerprint density at radius 3 is 2.64 bits per heavy atom. The molecule has 0 saturated heterocycles. The van der Waals surface area contributed by atoms with E-state index in [9.17, 15) is 18.9 Å². The number of carbonyl (C=O) groups is 1. The zero-order chi connectivity index (χ0) is 26.6. The zero-order valence-electron chi connectivity index (χ0n) is 21.0. The fourth-order valence-corrected chi connectivity index (χ4v) is 4.32. The molecule has 1 fully saturated rings. The number of hydrogen-bond donors (Lipinski definition) is 3. The van der Waals surface area contributed by atoms with Crippen LogP contribution in [-0.4, -0.2) is 81.3 Å². The molecule has 1 aliphatic carbocycles. The molecule has 0 spiro atoms. The van der Waals surface area contributed by atoms with Crippen LogP contribution in [0.3, 0.4) is 0 Å². The lowest BCUT2D eigenvalue weighted by Gasteiger charge is -2.26. The number of fused-ring (bicyclic) bond motifs is 1. The van der Waals surface area contributed by atoms with Gasteiger partial charge >= 0.3 is 5.97 Å². The number of anilines is 2. The number of rotatable bonds is 14. The maximum absolute atomic E-state index is 14.1. The number of nitrogens with zero attached hydrogens (tertiary/aromatic N) is 5. The molecule has 0 aliphatic heterocycles. The van der Waals surface area contributed by atoms with Crippen LogP contribution in [0.5, 0.6) is 0 Å². The highest BCUT2D eigenvalue weighted by Crippen LogP contribution is 2.33. The molecular weight excluding hydrogens is 496 g/mol. The molecule has 0 radical (unpaired) electrons. The first-order valence-electron chi connectivity index (χ1n) is 11.8. The van der Waals surface area contributed by atoms with E-state index in [1.165, 1.54) is 24.7 Å². The van der Waals surface area contributed by atoms with Crippen molar-refractivity contribution in [3.63, 3.8) is 0 Å². The molecule has 1 unspecified atom stereocenters. The summed E-state index contributed by atoms with van der Waals surface area (Å²) < 4.78 is 43.9. The van der Waals surface area contributed by atoms with Crippen LogP contribution in [-0.2, 0) is 23.4 Å². The zero-order valence-corrected chi connectivity index (χ0v) is 22.0. The molecule has 3 rings (SSSR count). The van der Waals surface area contributed by atoms with Gasteiger partial charge in [0.05, 0.1) is 25.1 Å². The molecule has 0 amide bonds. The lowest BCUT2D eigenvalue weighted by Crippen LogP contribution is -2.36. The van der Waals surface area contributed by atoms with Crippen molar-refractivity contribution >= 4 is 37.1 Å². The largest absolute Gasteiger partial charge is 0.462 e. The third-order valence-corrected chi connectivity index (χ3v) is 6.68. The van der Waals surface area contributed by atoms with Crippen molar-refractivity contribution in [2.75, 3.05) is 31.0 Å². The lowest BCUT2D eigenvalue weighted by atomic mass is 10.2. The van der Waals surface area contributed by atoms with Crippen LogP contribution in [0, 0.1) is 0 Å². The summed E-state index contributed by atoms with van der Waals surface area (Å²) in [6.45, 7) is 5.02. The van der Waals surface area contributed by atoms with Crippen molar-refractivity contribution in [2.45, 2.75) is 77.2 Å². The van der Waals surface area contributed by atoms with Gasteiger partial charge < -0.3 is 29.7 Å². The van der Waals surface area contributed by atoms with Gasteiger partial charge in [0.2, 0.25) is 5.95 Å². The second kappa shape index (κ2) is 12.2. The fourth-order valence-electron chi connectivity index (χ4n) is 3.45. The van der Waals surface area contributed by atoms with Crippen molar-refractivity contribution in [3.8, 4) is 0 Å². The maximum Gasteiger partial charge on any atom is 0.323 e. The van der Waals surface area contributed by atoms with Crippen molar-refractivity contribution in [3.05, 3.63) is 6.33 Å². The summed E-state index contributed by atoms with van der Waals surface area (Å²) in [4.78, 5) is 26.7. The molecule has 1 saturated carbocycles. The summed E-state index contributed by atoms with van der Waals surface area (Å²) in [6, 6.07) is -0.530. The molecule has 1 aliphatic rings. The molecule has 5 atom stereocenters. The van der Waals surface area contributed by atoms with Crippen LogP contribution in [0.1, 0.15) is 46.8 Å². The number of halogens is 1. The van der Waals surface area contributed by atoms with Gasteiger partial charge in [-0.3, -0.25) is 13.9 Å². The molecule has 13 nitrogen and oxygen atoms in total. The van der Waals surface area contributed by atoms with Crippen LogP contribution < -0.4 is 15.7 Å². The minimum atomic E-state index is -2.90. The molecular formula is C21H35FN7O6P. The molecule has 15 heteroatoms. The van der Waals surface area contributed by atoms with E-state index >= 15 is 0 Å². The van der Waals surface area contributed by atoms with Gasteiger partial charge in [0.25, 0.3) is 8.18 Å². The van der Waals surface area contributed by atoms with E-state index in [1.54, 1.807) is 13.8 Å². The first kappa shape index (κ1) is 28.2. The van der Waals surface area contributed by atoms with Gasteiger partial charge in [-0.25, -0.2) is 14.5 Å². The summed E-state index contributed by atoms with van der Waals surface area (Å²) in [5.41, 5.74) is 6.64. The SMILES string of the molecule is CC(C)OC(=O)[C@H](C)N[PH](=O)OC[C@@H](O[C@H](CF)n1cnc2c(N(C)C3CC3)nc(N)nc21)[C@H](C)O. The van der Waals surface area contributed by atoms with Gasteiger partial charge in [-0.05, 0) is 40.5 Å². The molecule has 2 heterocycles. The number of ether oxygens (including phenoxy) is 2. The molecule has 36 heavy (non-hydrogen) atoms. The summed E-state index contributed by atoms with van der Waals surface area (Å²) in [5.74, 6) is -0.0242. The number of esters is 1. The van der Waals surface area contributed by atoms with E-state index in [-0.39, 0.29) is 24.3 Å². The Hall–Kier alpha value is -2.38. The summed E-state index contributed by atoms with van der Waals surface area (Å²) in [6.07, 6.45) is -0.246. The van der Waals surface area contributed by atoms with Crippen molar-refractivity contribution in [2.24, 2.45) is 0 Å². The highest BCUT2D eigenvalue weighted by Gasteiger charge is 2.31. The summed E-state index contributed by atoms with van der Waals surface area (Å²) in [7, 11) is -1.01. The van der Waals surface area contributed by atoms with Crippen LogP contribution in [0.2, 0.25) is 0 Å². The summed E-state index contributed by atoms with van der Waals surface area (Å²) >= 11 is 0. The fraction of sp³-hybridized carbons (Fsp3) is 0.714. The Bertz CT molecular complexity index is 1070. The second-order valence-electron chi connectivity index (χ2n) is 9.05. The Morgan fingerprint density at radius 1 is 1.36 bits per heavy atom. The maximum atomic E-state index is 14.1. The normalized spacial score (nSPS) is 18.1. The Morgan fingerprint density at radius 2 is 2.06 bits per heavy atom. The number of aromatic nitrogens is 4. The Balaban J connectivity index is 1.70. The van der Waals surface area contributed by atoms with E-state index < -0.39 is 45.3 Å². The standard InChI is InChI=1S/C21H35FN7O6P/c1-11(2)34-20(31)12(3)27-36(32)33-9-15(13(4)30)35-16(8-22)29-10-24-17-18(28(5)14-6-7-14)25-21(23)26-19(17)29/h10-16,30,36H,6-9H2,1-5H3,(H,27,32)(H2,23,25,26)/t12-,13-,15+,16+/m0/s1. The monoisotopic (exact) mass is 531 g/mol. The highest BCUT2D eigenvalue weighted by molar-refractivity contribution is 7.36. The number of carbonyl (C=O) groups excluding carboxylic acids is 1. The minimum absolute atomic E-state index is 0.00884. The Kier molecular flexibility index (Phi) is 9.59. The number of nitrogen functional groups attached to an aromatic ring is 1. The number of nitrogens with one attached hydrogen (secondary N) is 1. The second-order valence-corrected chi connectivity index (χ2v) is 10.2. The topological polar surface area (TPSA) is 167 Å². The molecule has 2 aromatic heterocycles. The van der Waals surface area contributed by atoms with E-state index in [2.05, 4.69) is 20.0 Å². The molecule has 0 bridgehead atoms. The number of nitrogens with two attached hydrogens (primary N) is 1. The van der Waals surface area contributed by atoms with Crippen LogP contribution in [0.4, 0.5) is 16.2 Å². The number of imidazole rings is 1. The Labute approximate surface area is 209 Å². The molecule has 4 N–H and O–H groups in total. The number of alkyl halides is 1. The lowest BCUT2D eigenvalue weighted by molar-refractivity contribution is -0.149. The van der Waals surface area contributed by atoms with Gasteiger partial charge in [-0.2, -0.15) is 9.97 Å². The van der Waals surface area contributed by atoms with Crippen LogP contribution >= 0.6 is 8.18 Å². The minimum Gasteiger partial charge on any atom is -0.462 e. The molecule has 202 valence electrons. The third-order valence-electron chi connectivity index (χ3n) is 5.58. The average molecular weight is 532 g/mol. The van der Waals surface area contributed by atoms with E-state index in [0.717, 1.165) is 12.8 Å². The predicted molar refractivity (Wildman–Crippen MR) is 132 cm³/mol. The van der Waals surface area contributed by atoms with Gasteiger partial charge in [-0.1, -0.05) is 0 Å². The molecule has 0 aromatic carbocycles. The molecule has 2 aromatic rings. The number of aliphatic hydroxyl groups is 1. The van der Waals surface area contributed by atoms with Crippen molar-refractivity contribution < 1.29 is 32.9 Å². The van der Waals surface area contributed by atoms with Crippen LogP contribution in [0.25, 0.3) is 11.2 Å². The highest BCUT2D eigenvalue weighted by atomic mass is 31.1. The first-order chi connectivity index (χ1) is 17.0. The average Bonchev–Trinajstić information content (AvgIpc) is 3.58. The van der Waals surface area contributed by atoms with Gasteiger partial charge in [-0.15, -0.1) is 0 Å². The van der Waals surface area contributed by atoms with E-state index in [1.807, 2.05) is 11.9 Å². The van der Waals surface area contributed by atoms with Gasteiger partial charge in [0, 0.05) is 13.1 Å². The van der Waals surface area contributed by atoms with E-state index in [4.69, 9.17) is 19.7 Å². The van der Waals surface area contributed by atoms with Crippen molar-refractivity contribution in [1.29, 1.82) is 0 Å². The first-order valence-corrected chi connectivity index (χ1v) is 13.1. The van der Waals surface area contributed by atoms with Gasteiger partial charge in [0.15, 0.2) is 23.2 Å². The number of aliphatic hydroxyl groups excluding tert-OH is 1. The van der Waals surface area contributed by atoms with E-state index in [0.29, 0.717) is 17.4 Å².